The first-order valence-corrected chi connectivity index (χ1v) is 6.17. The summed E-state index contributed by atoms with van der Waals surface area (Å²) in [6.07, 6.45) is 0.226. The molecule has 7 heteroatoms. The molecule has 0 aliphatic carbocycles. The Morgan fingerprint density at radius 2 is 2.28 bits per heavy atom. The molecule has 1 aliphatic rings. The van der Waals surface area contributed by atoms with E-state index in [1.165, 1.54) is 11.0 Å². The maximum absolute atomic E-state index is 11.8. The molecule has 1 unspecified atom stereocenters. The van der Waals surface area contributed by atoms with Gasteiger partial charge in [0, 0.05) is 36.0 Å². The Labute approximate surface area is 111 Å². The summed E-state index contributed by atoms with van der Waals surface area (Å²) in [4.78, 5) is 23.6. The van der Waals surface area contributed by atoms with Gasteiger partial charge in [0.1, 0.15) is 5.69 Å². The second-order valence-corrected chi connectivity index (χ2v) is 5.06. The Balaban J connectivity index is 2.39. The molecule has 1 aromatic carbocycles. The van der Waals surface area contributed by atoms with Gasteiger partial charge >= 0.3 is 0 Å². The van der Waals surface area contributed by atoms with Gasteiger partial charge in [0.15, 0.2) is 0 Å². The molecular weight excluding hydrogens is 304 g/mol. The standard InChI is InChI=1S/C11H11BrN2O4/c12-8-1-2-9(10(4-8)14(17)18)13-5-7(6-15)3-11(13)16/h1-2,4,7,15H,3,5-6H2. The second kappa shape index (κ2) is 5.03. The molecule has 1 aromatic rings. The van der Waals surface area contributed by atoms with Gasteiger partial charge in [-0.3, -0.25) is 14.9 Å². The second-order valence-electron chi connectivity index (χ2n) is 4.15. The van der Waals surface area contributed by atoms with E-state index in [0.717, 1.165) is 0 Å². The minimum Gasteiger partial charge on any atom is -0.396 e. The number of aliphatic hydroxyl groups is 1. The van der Waals surface area contributed by atoms with Crippen molar-refractivity contribution in [2.24, 2.45) is 5.92 Å². The molecule has 1 fully saturated rings. The minimum absolute atomic E-state index is 0.0907. The Bertz CT molecular complexity index is 506. The van der Waals surface area contributed by atoms with Crippen LogP contribution in [-0.4, -0.2) is 29.1 Å². The molecule has 0 saturated carbocycles. The summed E-state index contributed by atoms with van der Waals surface area (Å²) in [5.74, 6) is -0.347. The van der Waals surface area contributed by atoms with Crippen molar-refractivity contribution in [2.75, 3.05) is 18.1 Å². The van der Waals surface area contributed by atoms with Crippen molar-refractivity contribution < 1.29 is 14.8 Å². The number of carbonyl (C=O) groups is 1. The number of nitrogens with zero attached hydrogens (tertiary/aromatic N) is 2. The molecule has 1 saturated heterocycles. The largest absolute Gasteiger partial charge is 0.396 e. The molecule has 0 aromatic heterocycles. The number of benzene rings is 1. The van der Waals surface area contributed by atoms with Crippen molar-refractivity contribution in [1.29, 1.82) is 0 Å². The van der Waals surface area contributed by atoms with Crippen LogP contribution in [0.1, 0.15) is 6.42 Å². The van der Waals surface area contributed by atoms with Crippen molar-refractivity contribution in [2.45, 2.75) is 6.42 Å². The van der Waals surface area contributed by atoms with Crippen molar-refractivity contribution >= 4 is 33.2 Å². The molecule has 1 heterocycles. The van der Waals surface area contributed by atoms with E-state index >= 15 is 0 Å². The first-order valence-electron chi connectivity index (χ1n) is 5.38. The molecule has 2 rings (SSSR count). The van der Waals surface area contributed by atoms with Crippen LogP contribution < -0.4 is 4.90 Å². The molecule has 0 bridgehead atoms. The smallest absolute Gasteiger partial charge is 0.294 e. The van der Waals surface area contributed by atoms with Gasteiger partial charge in [-0.1, -0.05) is 15.9 Å². The van der Waals surface area contributed by atoms with Crippen molar-refractivity contribution in [1.82, 2.24) is 0 Å². The topological polar surface area (TPSA) is 83.7 Å². The van der Waals surface area contributed by atoms with Crippen LogP contribution in [0.3, 0.4) is 0 Å². The number of carbonyl (C=O) groups excluding carboxylic acids is 1. The summed E-state index contributed by atoms with van der Waals surface area (Å²) in [6, 6.07) is 4.57. The summed E-state index contributed by atoms with van der Waals surface area (Å²) >= 11 is 3.17. The first-order chi connectivity index (χ1) is 8.52. The lowest BCUT2D eigenvalue weighted by molar-refractivity contribution is -0.384. The third-order valence-corrected chi connectivity index (χ3v) is 3.38. The van der Waals surface area contributed by atoms with Gasteiger partial charge in [-0.05, 0) is 12.1 Å². The number of halogens is 1. The number of nitro groups is 1. The molecule has 1 aliphatic heterocycles. The Morgan fingerprint density at radius 1 is 1.56 bits per heavy atom. The summed E-state index contributed by atoms with van der Waals surface area (Å²) in [5.41, 5.74) is 0.167. The highest BCUT2D eigenvalue weighted by Gasteiger charge is 2.33. The summed E-state index contributed by atoms with van der Waals surface area (Å²) < 4.78 is 0.586. The van der Waals surface area contributed by atoms with E-state index in [0.29, 0.717) is 11.0 Å². The van der Waals surface area contributed by atoms with Crippen LogP contribution in [0.5, 0.6) is 0 Å². The third-order valence-electron chi connectivity index (χ3n) is 2.89. The Kier molecular flexibility index (Phi) is 3.63. The van der Waals surface area contributed by atoms with E-state index in [1.807, 2.05) is 0 Å². The predicted octanol–water partition coefficient (Wildman–Crippen LogP) is 1.70. The highest BCUT2D eigenvalue weighted by atomic mass is 79.9. The van der Waals surface area contributed by atoms with E-state index in [2.05, 4.69) is 15.9 Å². The fraction of sp³-hybridized carbons (Fsp3) is 0.364. The third kappa shape index (κ3) is 2.37. The van der Waals surface area contributed by atoms with Gasteiger partial charge in [0.2, 0.25) is 5.91 Å². The van der Waals surface area contributed by atoms with Crippen LogP contribution in [0.4, 0.5) is 11.4 Å². The number of anilines is 1. The van der Waals surface area contributed by atoms with Crippen LogP contribution in [0.2, 0.25) is 0 Å². The summed E-state index contributed by atoms with van der Waals surface area (Å²) in [6.45, 7) is 0.227. The average molecular weight is 315 g/mol. The van der Waals surface area contributed by atoms with Gasteiger partial charge < -0.3 is 10.0 Å². The van der Waals surface area contributed by atoms with E-state index in [1.54, 1.807) is 12.1 Å². The quantitative estimate of drug-likeness (QED) is 0.680. The highest BCUT2D eigenvalue weighted by molar-refractivity contribution is 9.10. The molecule has 96 valence electrons. The summed E-state index contributed by atoms with van der Waals surface area (Å²) in [5, 5.41) is 20.0. The number of rotatable bonds is 3. The number of amides is 1. The number of hydrogen-bond donors (Lipinski definition) is 1. The van der Waals surface area contributed by atoms with E-state index in [9.17, 15) is 14.9 Å². The van der Waals surface area contributed by atoms with E-state index < -0.39 is 4.92 Å². The van der Waals surface area contributed by atoms with Gasteiger partial charge in [-0.15, -0.1) is 0 Å². The zero-order chi connectivity index (χ0) is 13.3. The predicted molar refractivity (Wildman–Crippen MR) is 68.3 cm³/mol. The van der Waals surface area contributed by atoms with Crippen molar-refractivity contribution in [3.05, 3.63) is 32.8 Å². The van der Waals surface area contributed by atoms with Crippen molar-refractivity contribution in [3.63, 3.8) is 0 Å². The number of hydrogen-bond acceptors (Lipinski definition) is 4. The highest BCUT2D eigenvalue weighted by Crippen LogP contribution is 2.34. The van der Waals surface area contributed by atoms with Crippen molar-refractivity contribution in [3.8, 4) is 0 Å². The zero-order valence-corrected chi connectivity index (χ0v) is 11.0. The molecule has 18 heavy (non-hydrogen) atoms. The van der Waals surface area contributed by atoms with Gasteiger partial charge in [-0.25, -0.2) is 0 Å². The van der Waals surface area contributed by atoms with Crippen LogP contribution in [-0.2, 0) is 4.79 Å². The van der Waals surface area contributed by atoms with Gasteiger partial charge in [0.05, 0.1) is 4.92 Å². The molecular formula is C11H11BrN2O4. The van der Waals surface area contributed by atoms with Crippen LogP contribution in [0.15, 0.2) is 22.7 Å². The lowest BCUT2D eigenvalue weighted by Crippen LogP contribution is -2.25. The normalized spacial score (nSPS) is 19.3. The average Bonchev–Trinajstić information content (AvgIpc) is 2.70. The molecule has 6 nitrogen and oxygen atoms in total. The van der Waals surface area contributed by atoms with Crippen LogP contribution >= 0.6 is 15.9 Å². The van der Waals surface area contributed by atoms with E-state index in [4.69, 9.17) is 5.11 Å². The van der Waals surface area contributed by atoms with Crippen LogP contribution in [0, 0.1) is 16.0 Å². The molecule has 1 atom stereocenters. The Morgan fingerprint density at radius 3 is 2.83 bits per heavy atom. The first kappa shape index (κ1) is 13.0. The zero-order valence-electron chi connectivity index (χ0n) is 9.38. The lowest BCUT2D eigenvalue weighted by atomic mass is 10.1. The molecule has 1 N–H and O–H groups in total. The van der Waals surface area contributed by atoms with Gasteiger partial charge in [0.25, 0.3) is 5.69 Å². The fourth-order valence-corrected chi connectivity index (χ4v) is 2.36. The fourth-order valence-electron chi connectivity index (χ4n) is 2.01. The monoisotopic (exact) mass is 314 g/mol. The number of aliphatic hydroxyl groups excluding tert-OH is 1. The van der Waals surface area contributed by atoms with Crippen LogP contribution in [0.25, 0.3) is 0 Å². The summed E-state index contributed by atoms with van der Waals surface area (Å²) in [7, 11) is 0. The minimum atomic E-state index is -0.514. The lowest BCUT2D eigenvalue weighted by Gasteiger charge is -2.16. The maximum atomic E-state index is 11.8. The van der Waals surface area contributed by atoms with E-state index in [-0.39, 0.29) is 36.2 Å². The maximum Gasteiger partial charge on any atom is 0.294 e. The Hall–Kier alpha value is -1.47. The number of nitro benzene ring substituents is 1. The van der Waals surface area contributed by atoms with Gasteiger partial charge in [-0.2, -0.15) is 0 Å². The molecule has 1 amide bonds. The molecule has 0 radical (unpaired) electrons. The molecule has 0 spiro atoms. The SMILES string of the molecule is O=C1CC(CO)CN1c1ccc(Br)cc1[N+](=O)[O-].